The molecule has 0 aliphatic carbocycles. The summed E-state index contributed by atoms with van der Waals surface area (Å²) in [5.74, 6) is -1.20. The summed E-state index contributed by atoms with van der Waals surface area (Å²) in [7, 11) is 2.08. The van der Waals surface area contributed by atoms with E-state index in [1.165, 1.54) is 18.2 Å². The Balaban J connectivity index is 1.84. The zero-order valence-electron chi connectivity index (χ0n) is 15.5. The van der Waals surface area contributed by atoms with E-state index in [4.69, 9.17) is 0 Å². The Bertz CT molecular complexity index is 1090. The summed E-state index contributed by atoms with van der Waals surface area (Å²) < 4.78 is 2.22. The number of carboxylic acid groups (broad SMARTS) is 1. The SMILES string of the molecule is CCc1cc(C(=O)O)c(=O)[nH]c1-c1ccc2c(c1)cc([C@H]1CCCN1)n2C. The number of aromatic nitrogens is 2. The molecular formula is C21H23N3O3. The third-order valence-corrected chi connectivity index (χ3v) is 5.52. The topological polar surface area (TPSA) is 87.1 Å². The Morgan fingerprint density at radius 3 is 2.78 bits per heavy atom. The molecule has 140 valence electrons. The fourth-order valence-electron chi connectivity index (χ4n) is 4.07. The Labute approximate surface area is 156 Å². The molecule has 0 bridgehead atoms. The Morgan fingerprint density at radius 1 is 1.30 bits per heavy atom. The van der Waals surface area contributed by atoms with Crippen LogP contribution in [0.1, 0.15) is 47.4 Å². The number of nitrogens with zero attached hydrogens (tertiary/aromatic N) is 1. The number of fused-ring (bicyclic) bond motifs is 1. The van der Waals surface area contributed by atoms with E-state index in [9.17, 15) is 14.7 Å². The minimum atomic E-state index is -1.20. The normalized spacial score (nSPS) is 16.9. The smallest absolute Gasteiger partial charge is 0.341 e. The van der Waals surface area contributed by atoms with Gasteiger partial charge in [-0.1, -0.05) is 13.0 Å². The molecule has 1 aliphatic heterocycles. The summed E-state index contributed by atoms with van der Waals surface area (Å²) in [5, 5.41) is 13.9. The number of aromatic carboxylic acids is 1. The number of aromatic amines is 1. The van der Waals surface area contributed by atoms with Crippen molar-refractivity contribution in [3.05, 3.63) is 57.5 Å². The van der Waals surface area contributed by atoms with E-state index < -0.39 is 11.5 Å². The van der Waals surface area contributed by atoms with Crippen molar-refractivity contribution in [3.63, 3.8) is 0 Å². The molecule has 1 atom stereocenters. The van der Waals surface area contributed by atoms with E-state index in [2.05, 4.69) is 40.1 Å². The molecule has 6 heteroatoms. The highest BCUT2D eigenvalue weighted by molar-refractivity contribution is 5.89. The van der Waals surface area contributed by atoms with Crippen molar-refractivity contribution in [3.8, 4) is 11.3 Å². The first kappa shape index (κ1) is 17.5. The molecule has 3 heterocycles. The van der Waals surface area contributed by atoms with Crippen LogP contribution in [-0.2, 0) is 13.5 Å². The molecule has 4 rings (SSSR count). The average Bonchev–Trinajstić information content (AvgIpc) is 3.29. The zero-order chi connectivity index (χ0) is 19.1. The van der Waals surface area contributed by atoms with Gasteiger partial charge in [0.1, 0.15) is 5.56 Å². The van der Waals surface area contributed by atoms with Crippen LogP contribution < -0.4 is 10.9 Å². The standard InChI is InChI=1S/C21H23N3O3/c1-3-12-10-15(21(26)27)20(25)23-19(12)13-6-7-17-14(9-13)11-18(24(17)2)16-5-4-8-22-16/h6-7,9-11,16,22H,3-5,8H2,1-2H3,(H,23,25)(H,26,27)/t16-/m1/s1. The average molecular weight is 365 g/mol. The molecule has 0 saturated carbocycles. The lowest BCUT2D eigenvalue weighted by atomic mass is 10.0. The highest BCUT2D eigenvalue weighted by Gasteiger charge is 2.21. The van der Waals surface area contributed by atoms with E-state index >= 15 is 0 Å². The lowest BCUT2D eigenvalue weighted by molar-refractivity contribution is 0.0695. The molecule has 27 heavy (non-hydrogen) atoms. The number of benzene rings is 1. The van der Waals surface area contributed by atoms with Gasteiger partial charge in [-0.3, -0.25) is 4.79 Å². The van der Waals surface area contributed by atoms with Crippen LogP contribution in [0.4, 0.5) is 0 Å². The first-order valence-electron chi connectivity index (χ1n) is 9.32. The predicted octanol–water partition coefficient (Wildman–Crippen LogP) is 3.22. The molecule has 0 unspecified atom stereocenters. The molecule has 6 nitrogen and oxygen atoms in total. The molecule has 0 radical (unpaired) electrons. The van der Waals surface area contributed by atoms with Crippen LogP contribution >= 0.6 is 0 Å². The largest absolute Gasteiger partial charge is 0.477 e. The summed E-state index contributed by atoms with van der Waals surface area (Å²) in [5.41, 5.74) is 4.03. The lowest BCUT2D eigenvalue weighted by Gasteiger charge is -2.12. The number of pyridine rings is 1. The van der Waals surface area contributed by atoms with Gasteiger partial charge in [-0.05, 0) is 61.2 Å². The first-order valence-corrected chi connectivity index (χ1v) is 9.32. The molecule has 0 spiro atoms. The van der Waals surface area contributed by atoms with E-state index in [1.54, 1.807) is 0 Å². The van der Waals surface area contributed by atoms with Crippen LogP contribution in [0.25, 0.3) is 22.2 Å². The van der Waals surface area contributed by atoms with Gasteiger partial charge in [-0.25, -0.2) is 4.79 Å². The summed E-state index contributed by atoms with van der Waals surface area (Å²) in [4.78, 5) is 26.2. The van der Waals surface area contributed by atoms with E-state index in [1.807, 2.05) is 13.0 Å². The van der Waals surface area contributed by atoms with Gasteiger partial charge in [0.15, 0.2) is 0 Å². The molecule has 1 saturated heterocycles. The molecule has 3 N–H and O–H groups in total. The Hall–Kier alpha value is -2.86. The fraction of sp³-hybridized carbons (Fsp3) is 0.333. The van der Waals surface area contributed by atoms with Crippen molar-refractivity contribution in [2.75, 3.05) is 6.54 Å². The molecular weight excluding hydrogens is 342 g/mol. The molecule has 1 fully saturated rings. The van der Waals surface area contributed by atoms with Gasteiger partial charge in [-0.2, -0.15) is 0 Å². The Kier molecular flexibility index (Phi) is 4.36. The molecule has 1 aromatic carbocycles. The van der Waals surface area contributed by atoms with Crippen molar-refractivity contribution in [2.45, 2.75) is 32.2 Å². The van der Waals surface area contributed by atoms with Gasteiger partial charge in [0.25, 0.3) is 5.56 Å². The van der Waals surface area contributed by atoms with Gasteiger partial charge in [0, 0.05) is 29.7 Å². The molecule has 3 aromatic rings. The van der Waals surface area contributed by atoms with Crippen LogP contribution in [0, 0.1) is 0 Å². The number of carbonyl (C=O) groups is 1. The summed E-state index contributed by atoms with van der Waals surface area (Å²) >= 11 is 0. The van der Waals surface area contributed by atoms with Crippen LogP contribution in [-0.4, -0.2) is 27.2 Å². The van der Waals surface area contributed by atoms with E-state index in [0.29, 0.717) is 18.2 Å². The molecule has 2 aromatic heterocycles. The summed E-state index contributed by atoms with van der Waals surface area (Å²) in [6.07, 6.45) is 2.96. The highest BCUT2D eigenvalue weighted by Crippen LogP contribution is 2.31. The number of H-pyrrole nitrogens is 1. The van der Waals surface area contributed by atoms with Crippen molar-refractivity contribution in [1.29, 1.82) is 0 Å². The number of aryl methyl sites for hydroxylation is 2. The van der Waals surface area contributed by atoms with Crippen molar-refractivity contribution in [1.82, 2.24) is 14.9 Å². The third-order valence-electron chi connectivity index (χ3n) is 5.52. The van der Waals surface area contributed by atoms with Crippen LogP contribution in [0.15, 0.2) is 35.1 Å². The van der Waals surface area contributed by atoms with E-state index in [-0.39, 0.29) is 5.56 Å². The van der Waals surface area contributed by atoms with Crippen LogP contribution in [0.3, 0.4) is 0 Å². The predicted molar refractivity (Wildman–Crippen MR) is 105 cm³/mol. The lowest BCUT2D eigenvalue weighted by Crippen LogP contribution is -2.19. The number of nitrogens with one attached hydrogen (secondary N) is 2. The van der Waals surface area contributed by atoms with Gasteiger partial charge in [0.2, 0.25) is 0 Å². The van der Waals surface area contributed by atoms with Gasteiger partial charge in [0.05, 0.1) is 5.69 Å². The van der Waals surface area contributed by atoms with Gasteiger partial charge < -0.3 is 20.0 Å². The summed E-state index contributed by atoms with van der Waals surface area (Å²) in [6.45, 7) is 3.00. The quantitative estimate of drug-likeness (QED) is 0.662. The number of hydrogen-bond donors (Lipinski definition) is 3. The maximum Gasteiger partial charge on any atom is 0.341 e. The second-order valence-electron chi connectivity index (χ2n) is 7.12. The Morgan fingerprint density at radius 2 is 2.11 bits per heavy atom. The minimum Gasteiger partial charge on any atom is -0.477 e. The van der Waals surface area contributed by atoms with Crippen molar-refractivity contribution < 1.29 is 9.90 Å². The maximum absolute atomic E-state index is 12.2. The van der Waals surface area contributed by atoms with Crippen LogP contribution in [0.2, 0.25) is 0 Å². The molecule has 0 amide bonds. The maximum atomic E-state index is 12.2. The van der Waals surface area contributed by atoms with Gasteiger partial charge >= 0.3 is 5.97 Å². The first-order chi connectivity index (χ1) is 13.0. The van der Waals surface area contributed by atoms with Gasteiger partial charge in [-0.15, -0.1) is 0 Å². The summed E-state index contributed by atoms with van der Waals surface area (Å²) in [6, 6.07) is 10.2. The van der Waals surface area contributed by atoms with Crippen molar-refractivity contribution >= 4 is 16.9 Å². The number of rotatable bonds is 4. The minimum absolute atomic E-state index is 0.217. The zero-order valence-corrected chi connectivity index (χ0v) is 15.5. The highest BCUT2D eigenvalue weighted by atomic mass is 16.4. The number of carboxylic acids is 1. The molecule has 1 aliphatic rings. The fourth-order valence-corrected chi connectivity index (χ4v) is 4.07. The second kappa shape index (κ2) is 6.70. The number of hydrogen-bond acceptors (Lipinski definition) is 3. The van der Waals surface area contributed by atoms with E-state index in [0.717, 1.165) is 35.0 Å². The third kappa shape index (κ3) is 2.96. The van der Waals surface area contributed by atoms with Crippen LogP contribution in [0.5, 0.6) is 0 Å². The second-order valence-corrected chi connectivity index (χ2v) is 7.12. The van der Waals surface area contributed by atoms with Crippen molar-refractivity contribution in [2.24, 2.45) is 7.05 Å². The monoisotopic (exact) mass is 365 g/mol.